The lowest BCUT2D eigenvalue weighted by atomic mass is 10.3. The van der Waals surface area contributed by atoms with E-state index in [1.54, 1.807) is 24.7 Å². The van der Waals surface area contributed by atoms with Crippen LogP contribution in [0, 0.1) is 0 Å². The molecule has 54 valence electrons. The van der Waals surface area contributed by atoms with Crippen molar-refractivity contribution in [2.24, 2.45) is 0 Å². The molecule has 0 aliphatic rings. The van der Waals surface area contributed by atoms with E-state index in [0.29, 0.717) is 5.56 Å². The molecule has 0 radical (unpaired) electrons. The van der Waals surface area contributed by atoms with Gasteiger partial charge in [-0.15, -0.1) is 0 Å². The average Bonchev–Trinajstić information content (AvgIpc) is 2.50. The summed E-state index contributed by atoms with van der Waals surface area (Å²) >= 11 is 0. The number of fused-ring (bicyclic) bond motifs is 1. The van der Waals surface area contributed by atoms with Crippen molar-refractivity contribution >= 4 is 11.8 Å². The van der Waals surface area contributed by atoms with E-state index in [1.165, 1.54) is 0 Å². The van der Waals surface area contributed by atoms with Gasteiger partial charge in [-0.3, -0.25) is 4.79 Å². The van der Waals surface area contributed by atoms with Crippen LogP contribution in [-0.2, 0) is 0 Å². The fraction of sp³-hybridized carbons (Fsp3) is 0. The van der Waals surface area contributed by atoms with Gasteiger partial charge in [-0.25, -0.2) is 4.98 Å². The van der Waals surface area contributed by atoms with Gasteiger partial charge in [-0.05, 0) is 12.1 Å². The van der Waals surface area contributed by atoms with E-state index in [4.69, 9.17) is 0 Å². The molecule has 0 aliphatic carbocycles. The normalized spacial score (nSPS) is 10.2. The van der Waals surface area contributed by atoms with Crippen LogP contribution < -0.4 is 0 Å². The molecule has 2 heterocycles. The van der Waals surface area contributed by atoms with Crippen LogP contribution in [0.15, 0.2) is 30.9 Å². The van der Waals surface area contributed by atoms with Crippen molar-refractivity contribution in [2.45, 2.75) is 0 Å². The first-order chi connectivity index (χ1) is 5.40. The Balaban J connectivity index is 2.76. The monoisotopic (exact) mass is 146 g/mol. The van der Waals surface area contributed by atoms with E-state index in [2.05, 4.69) is 4.98 Å². The topological polar surface area (TPSA) is 34.4 Å². The number of hydrogen-bond donors (Lipinski definition) is 0. The number of aromatic nitrogens is 2. The largest absolute Gasteiger partial charge is 0.306 e. The van der Waals surface area contributed by atoms with Gasteiger partial charge in [0.1, 0.15) is 6.29 Å². The van der Waals surface area contributed by atoms with E-state index in [1.807, 2.05) is 10.6 Å². The van der Waals surface area contributed by atoms with Gasteiger partial charge in [-0.2, -0.15) is 0 Å². The number of pyridine rings is 1. The Labute approximate surface area is 63.3 Å². The fourth-order valence-electron chi connectivity index (χ4n) is 1.01. The molecule has 3 heteroatoms. The molecule has 0 bridgehead atoms. The minimum atomic E-state index is 0.679. The van der Waals surface area contributed by atoms with E-state index >= 15 is 0 Å². The highest BCUT2D eigenvalue weighted by Gasteiger charge is 1.93. The van der Waals surface area contributed by atoms with Crippen LogP contribution in [0.1, 0.15) is 10.4 Å². The summed E-state index contributed by atoms with van der Waals surface area (Å²) in [4.78, 5) is 14.3. The van der Waals surface area contributed by atoms with Crippen molar-refractivity contribution < 1.29 is 4.79 Å². The molecule has 11 heavy (non-hydrogen) atoms. The summed E-state index contributed by atoms with van der Waals surface area (Å²) in [6.45, 7) is 0. The predicted molar refractivity (Wildman–Crippen MR) is 40.6 cm³/mol. The number of nitrogens with zero attached hydrogens (tertiary/aromatic N) is 2. The Morgan fingerprint density at radius 1 is 1.55 bits per heavy atom. The maximum Gasteiger partial charge on any atom is 0.150 e. The summed E-state index contributed by atoms with van der Waals surface area (Å²) in [6, 6.07) is 3.54. The average molecular weight is 146 g/mol. The molecule has 0 atom stereocenters. The number of carbonyl (C=O) groups excluding carboxylic acids is 1. The van der Waals surface area contributed by atoms with Gasteiger partial charge in [0.15, 0.2) is 0 Å². The molecule has 2 aromatic rings. The second-order valence-electron chi connectivity index (χ2n) is 2.30. The van der Waals surface area contributed by atoms with E-state index in [0.717, 1.165) is 11.8 Å². The van der Waals surface area contributed by atoms with E-state index < -0.39 is 0 Å². The molecule has 0 saturated heterocycles. The summed E-state index contributed by atoms with van der Waals surface area (Å²) in [5, 5.41) is 0. The highest BCUT2D eigenvalue weighted by atomic mass is 16.1. The van der Waals surface area contributed by atoms with Gasteiger partial charge in [0.25, 0.3) is 0 Å². The molecule has 0 aromatic carbocycles. The summed E-state index contributed by atoms with van der Waals surface area (Å²) in [5.74, 6) is 0. The third-order valence-electron chi connectivity index (χ3n) is 1.57. The zero-order valence-electron chi connectivity index (χ0n) is 5.77. The lowest BCUT2D eigenvalue weighted by molar-refractivity contribution is 0.112. The van der Waals surface area contributed by atoms with Gasteiger partial charge in [0.05, 0.1) is 18.0 Å². The molecule has 0 amide bonds. The minimum absolute atomic E-state index is 0.679. The Kier molecular flexibility index (Phi) is 1.22. The van der Waals surface area contributed by atoms with Crippen molar-refractivity contribution in [2.75, 3.05) is 0 Å². The SMILES string of the molecule is O=Cc1ccn2cncc2c1. The fourth-order valence-corrected chi connectivity index (χ4v) is 1.01. The maximum absolute atomic E-state index is 10.3. The number of hydrogen-bond acceptors (Lipinski definition) is 2. The Hall–Kier alpha value is -1.64. The lowest BCUT2D eigenvalue weighted by Gasteiger charge is -1.92. The zero-order valence-corrected chi connectivity index (χ0v) is 5.77. The van der Waals surface area contributed by atoms with Crippen molar-refractivity contribution in [1.82, 2.24) is 9.38 Å². The summed E-state index contributed by atoms with van der Waals surface area (Å²) in [6.07, 6.45) is 6.05. The molecule has 0 spiro atoms. The molecule has 2 aromatic heterocycles. The summed E-state index contributed by atoms with van der Waals surface area (Å²) in [7, 11) is 0. The van der Waals surface area contributed by atoms with Crippen molar-refractivity contribution in [3.63, 3.8) is 0 Å². The first-order valence-corrected chi connectivity index (χ1v) is 3.27. The Morgan fingerprint density at radius 2 is 2.45 bits per heavy atom. The van der Waals surface area contributed by atoms with Crippen LogP contribution >= 0.6 is 0 Å². The minimum Gasteiger partial charge on any atom is -0.306 e. The molecule has 0 fully saturated rings. The number of imidazole rings is 1. The quantitative estimate of drug-likeness (QED) is 0.565. The second-order valence-corrected chi connectivity index (χ2v) is 2.30. The van der Waals surface area contributed by atoms with Gasteiger partial charge < -0.3 is 4.40 Å². The third kappa shape index (κ3) is 0.902. The van der Waals surface area contributed by atoms with E-state index in [-0.39, 0.29) is 0 Å². The summed E-state index contributed by atoms with van der Waals surface area (Å²) in [5.41, 5.74) is 1.62. The molecule has 0 N–H and O–H groups in total. The number of carbonyl (C=O) groups is 1. The molecule has 0 aliphatic heterocycles. The van der Waals surface area contributed by atoms with Crippen LogP contribution in [-0.4, -0.2) is 15.7 Å². The molecular formula is C8H6N2O. The van der Waals surface area contributed by atoms with Crippen molar-refractivity contribution in [3.05, 3.63) is 36.4 Å². The summed E-state index contributed by atoms with van der Waals surface area (Å²) < 4.78 is 1.85. The van der Waals surface area contributed by atoms with Crippen LogP contribution in [0.2, 0.25) is 0 Å². The predicted octanol–water partition coefficient (Wildman–Crippen LogP) is 1.15. The number of rotatable bonds is 1. The smallest absolute Gasteiger partial charge is 0.150 e. The zero-order chi connectivity index (χ0) is 7.68. The maximum atomic E-state index is 10.3. The lowest BCUT2D eigenvalue weighted by Crippen LogP contribution is -1.84. The highest BCUT2D eigenvalue weighted by Crippen LogP contribution is 2.03. The van der Waals surface area contributed by atoms with Crippen LogP contribution in [0.4, 0.5) is 0 Å². The Morgan fingerprint density at radius 3 is 3.27 bits per heavy atom. The first-order valence-electron chi connectivity index (χ1n) is 3.27. The highest BCUT2D eigenvalue weighted by molar-refractivity contribution is 5.77. The molecule has 2 rings (SSSR count). The molecular weight excluding hydrogens is 140 g/mol. The van der Waals surface area contributed by atoms with Crippen molar-refractivity contribution in [3.8, 4) is 0 Å². The van der Waals surface area contributed by atoms with Gasteiger partial charge in [0.2, 0.25) is 0 Å². The second kappa shape index (κ2) is 2.20. The van der Waals surface area contributed by atoms with Crippen LogP contribution in [0.3, 0.4) is 0 Å². The standard InChI is InChI=1S/C8H6N2O/c11-5-7-1-2-10-6-9-4-8(10)3-7/h1-6H. The van der Waals surface area contributed by atoms with Crippen molar-refractivity contribution in [1.29, 1.82) is 0 Å². The van der Waals surface area contributed by atoms with E-state index in [9.17, 15) is 4.79 Å². The van der Waals surface area contributed by atoms with Crippen LogP contribution in [0.5, 0.6) is 0 Å². The van der Waals surface area contributed by atoms with Gasteiger partial charge in [-0.1, -0.05) is 0 Å². The van der Waals surface area contributed by atoms with Crippen LogP contribution in [0.25, 0.3) is 5.52 Å². The molecule has 0 unspecified atom stereocenters. The van der Waals surface area contributed by atoms with Gasteiger partial charge in [0, 0.05) is 11.8 Å². The molecule has 0 saturated carbocycles. The molecule has 3 nitrogen and oxygen atoms in total. The third-order valence-corrected chi connectivity index (χ3v) is 1.57. The van der Waals surface area contributed by atoms with Gasteiger partial charge >= 0.3 is 0 Å². The first kappa shape index (κ1) is 6.09. The number of aldehydes is 1. The Bertz CT molecular complexity index is 392.